The second kappa shape index (κ2) is 4.11. The highest BCUT2D eigenvalue weighted by Gasteiger charge is 2.43. The summed E-state index contributed by atoms with van der Waals surface area (Å²) in [5, 5.41) is 0. The molecule has 0 aromatic heterocycles. The van der Waals surface area contributed by atoms with E-state index >= 15 is 0 Å². The Hall–Kier alpha value is 0. The van der Waals surface area contributed by atoms with E-state index in [9.17, 15) is 0 Å². The van der Waals surface area contributed by atoms with Crippen molar-refractivity contribution in [1.82, 2.24) is 0 Å². The van der Waals surface area contributed by atoms with E-state index in [1.54, 1.807) is 38.5 Å². The van der Waals surface area contributed by atoms with Crippen molar-refractivity contribution in [3.8, 4) is 0 Å². The zero-order valence-electron chi connectivity index (χ0n) is 10.3. The highest BCUT2D eigenvalue weighted by atomic mass is 14.5. The molecule has 0 aromatic rings. The summed E-state index contributed by atoms with van der Waals surface area (Å²) < 4.78 is 0. The Balaban J connectivity index is 1.76. The minimum Gasteiger partial charge on any atom is -0.0622 e. The van der Waals surface area contributed by atoms with Gasteiger partial charge in [0.25, 0.3) is 0 Å². The Labute approximate surface area is 94.8 Å². The Morgan fingerprint density at radius 2 is 1.40 bits per heavy atom. The topological polar surface area (TPSA) is 0 Å². The largest absolute Gasteiger partial charge is 0.0622 e. The predicted octanol–water partition coefficient (Wildman–Crippen LogP) is 4.64. The smallest absolute Gasteiger partial charge is 0.0352 e. The quantitative estimate of drug-likeness (QED) is 0.541. The summed E-state index contributed by atoms with van der Waals surface area (Å²) in [5.41, 5.74) is 0. The summed E-state index contributed by atoms with van der Waals surface area (Å²) >= 11 is 0. The highest BCUT2D eigenvalue weighted by Crippen LogP contribution is 2.52. The Morgan fingerprint density at radius 1 is 0.600 bits per heavy atom. The minimum atomic E-state index is 1.05. The van der Waals surface area contributed by atoms with Gasteiger partial charge in [-0.3, -0.25) is 0 Å². The van der Waals surface area contributed by atoms with E-state index in [0.717, 1.165) is 29.6 Å². The van der Waals surface area contributed by atoms with Gasteiger partial charge in [-0.25, -0.2) is 0 Å². The summed E-state index contributed by atoms with van der Waals surface area (Å²) in [4.78, 5) is 0. The predicted molar refractivity (Wildman–Crippen MR) is 64.7 cm³/mol. The van der Waals surface area contributed by atoms with Gasteiger partial charge in [0.05, 0.1) is 0 Å². The van der Waals surface area contributed by atoms with Gasteiger partial charge < -0.3 is 0 Å². The summed E-state index contributed by atoms with van der Waals surface area (Å²) in [7, 11) is 0. The molecule has 5 atom stereocenters. The first-order valence-electron chi connectivity index (χ1n) is 7.36. The maximum absolute atomic E-state index is 2.53. The lowest BCUT2D eigenvalue weighted by molar-refractivity contribution is 0.00151. The molecule has 5 unspecified atom stereocenters. The van der Waals surface area contributed by atoms with Crippen LogP contribution >= 0.6 is 0 Å². The molecule has 3 aliphatic carbocycles. The van der Waals surface area contributed by atoms with Crippen LogP contribution in [-0.2, 0) is 0 Å². The van der Waals surface area contributed by atoms with Crippen LogP contribution in [0.3, 0.4) is 0 Å². The Morgan fingerprint density at radius 3 is 2.33 bits per heavy atom. The lowest BCUT2D eigenvalue weighted by Gasteiger charge is -2.50. The Kier molecular flexibility index (Phi) is 2.79. The van der Waals surface area contributed by atoms with E-state index in [1.807, 2.05) is 0 Å². The standard InChI is InChI=1S/C15H26/c1-11-5-4-8-15-13(11)10-9-12-6-2-3-7-14(12)15/h11-15H,2-10H2,1H3. The van der Waals surface area contributed by atoms with Crippen molar-refractivity contribution >= 4 is 0 Å². The third-order valence-corrected chi connectivity index (χ3v) is 5.87. The fourth-order valence-electron chi connectivity index (χ4n) is 5.12. The molecule has 3 rings (SSSR count). The first kappa shape index (κ1) is 10.2. The van der Waals surface area contributed by atoms with Gasteiger partial charge in [0.1, 0.15) is 0 Å². The average molecular weight is 206 g/mol. The van der Waals surface area contributed by atoms with Crippen molar-refractivity contribution in [1.29, 1.82) is 0 Å². The summed E-state index contributed by atoms with van der Waals surface area (Å²) in [6.07, 6.45) is 14.0. The maximum atomic E-state index is 2.53. The molecular formula is C15H26. The van der Waals surface area contributed by atoms with Gasteiger partial charge in [-0.1, -0.05) is 39.0 Å². The molecule has 0 nitrogen and oxygen atoms in total. The zero-order chi connectivity index (χ0) is 10.3. The molecule has 0 saturated heterocycles. The van der Waals surface area contributed by atoms with Crippen LogP contribution in [0.25, 0.3) is 0 Å². The summed E-state index contributed by atoms with van der Waals surface area (Å²) in [6.45, 7) is 2.53. The van der Waals surface area contributed by atoms with E-state index in [0.29, 0.717) is 0 Å². The molecule has 0 aromatic carbocycles. The number of hydrogen-bond donors (Lipinski definition) is 0. The fraction of sp³-hybridized carbons (Fsp3) is 1.00. The fourth-order valence-corrected chi connectivity index (χ4v) is 5.12. The molecule has 3 fully saturated rings. The van der Waals surface area contributed by atoms with Gasteiger partial charge in [0.2, 0.25) is 0 Å². The van der Waals surface area contributed by atoms with Gasteiger partial charge in [-0.05, 0) is 55.3 Å². The van der Waals surface area contributed by atoms with Gasteiger partial charge in [0, 0.05) is 0 Å². The average Bonchev–Trinajstić information content (AvgIpc) is 2.29. The molecule has 0 heteroatoms. The van der Waals surface area contributed by atoms with Gasteiger partial charge in [-0.15, -0.1) is 0 Å². The van der Waals surface area contributed by atoms with Crippen molar-refractivity contribution in [3.63, 3.8) is 0 Å². The monoisotopic (exact) mass is 206 g/mol. The number of rotatable bonds is 0. The van der Waals surface area contributed by atoms with Crippen molar-refractivity contribution < 1.29 is 0 Å². The van der Waals surface area contributed by atoms with Crippen LogP contribution in [0.4, 0.5) is 0 Å². The zero-order valence-corrected chi connectivity index (χ0v) is 10.3. The SMILES string of the molecule is CC1CCCC2C1CCC1CCCCC12. The van der Waals surface area contributed by atoms with E-state index in [-0.39, 0.29) is 0 Å². The normalized spacial score (nSPS) is 50.6. The molecule has 3 aliphatic rings. The second-order valence-corrected chi connectivity index (χ2v) is 6.52. The third kappa shape index (κ3) is 1.74. The van der Waals surface area contributed by atoms with Gasteiger partial charge in [0.15, 0.2) is 0 Å². The molecular weight excluding hydrogens is 180 g/mol. The molecule has 15 heavy (non-hydrogen) atoms. The van der Waals surface area contributed by atoms with Crippen LogP contribution in [0.15, 0.2) is 0 Å². The van der Waals surface area contributed by atoms with Crippen LogP contribution in [0.1, 0.15) is 64.7 Å². The third-order valence-electron chi connectivity index (χ3n) is 5.87. The number of hydrogen-bond acceptors (Lipinski definition) is 0. The van der Waals surface area contributed by atoms with E-state index in [1.165, 1.54) is 19.3 Å². The molecule has 0 spiro atoms. The summed E-state index contributed by atoms with van der Waals surface area (Å²) in [5.74, 6) is 5.61. The van der Waals surface area contributed by atoms with Crippen LogP contribution in [0, 0.1) is 29.6 Å². The van der Waals surface area contributed by atoms with E-state index in [4.69, 9.17) is 0 Å². The first-order valence-corrected chi connectivity index (χ1v) is 7.36. The van der Waals surface area contributed by atoms with E-state index in [2.05, 4.69) is 6.92 Å². The first-order chi connectivity index (χ1) is 7.36. The molecule has 86 valence electrons. The van der Waals surface area contributed by atoms with Crippen molar-refractivity contribution in [2.75, 3.05) is 0 Å². The van der Waals surface area contributed by atoms with Gasteiger partial charge in [-0.2, -0.15) is 0 Å². The second-order valence-electron chi connectivity index (χ2n) is 6.52. The molecule has 0 heterocycles. The number of fused-ring (bicyclic) bond motifs is 3. The Bertz CT molecular complexity index is 220. The van der Waals surface area contributed by atoms with Crippen molar-refractivity contribution in [3.05, 3.63) is 0 Å². The van der Waals surface area contributed by atoms with Crippen molar-refractivity contribution in [2.24, 2.45) is 29.6 Å². The lowest BCUT2D eigenvalue weighted by Crippen LogP contribution is -2.41. The maximum Gasteiger partial charge on any atom is -0.0352 e. The van der Waals surface area contributed by atoms with Crippen LogP contribution in [-0.4, -0.2) is 0 Å². The highest BCUT2D eigenvalue weighted by molar-refractivity contribution is 4.93. The molecule has 3 saturated carbocycles. The molecule has 0 aliphatic heterocycles. The molecule has 0 bridgehead atoms. The van der Waals surface area contributed by atoms with Crippen LogP contribution < -0.4 is 0 Å². The molecule has 0 radical (unpaired) electrons. The van der Waals surface area contributed by atoms with Crippen LogP contribution in [0.2, 0.25) is 0 Å². The molecule has 0 N–H and O–H groups in total. The van der Waals surface area contributed by atoms with Crippen molar-refractivity contribution in [2.45, 2.75) is 64.7 Å². The molecule has 0 amide bonds. The summed E-state index contributed by atoms with van der Waals surface area (Å²) in [6, 6.07) is 0. The van der Waals surface area contributed by atoms with E-state index < -0.39 is 0 Å². The lowest BCUT2D eigenvalue weighted by atomic mass is 9.55. The minimum absolute atomic E-state index is 1.05. The van der Waals surface area contributed by atoms with Crippen LogP contribution in [0.5, 0.6) is 0 Å². The van der Waals surface area contributed by atoms with Gasteiger partial charge >= 0.3 is 0 Å².